The lowest BCUT2D eigenvalue weighted by Gasteiger charge is -2.16. The monoisotopic (exact) mass is 429 g/mol. The lowest BCUT2D eigenvalue weighted by molar-refractivity contribution is -0.117. The molecule has 0 bridgehead atoms. The van der Waals surface area contributed by atoms with Gasteiger partial charge in [0.05, 0.1) is 18.3 Å². The highest BCUT2D eigenvalue weighted by molar-refractivity contribution is 5.96. The molecule has 0 spiro atoms. The minimum atomic E-state index is -0.315. The molecule has 160 valence electrons. The normalized spacial score (nSPS) is 12.6. The number of pyridine rings is 1. The van der Waals surface area contributed by atoms with Gasteiger partial charge in [-0.3, -0.25) is 14.4 Å². The van der Waals surface area contributed by atoms with Crippen molar-refractivity contribution in [2.45, 2.75) is 12.8 Å². The zero-order chi connectivity index (χ0) is 22.1. The second kappa shape index (κ2) is 8.18. The Morgan fingerprint density at radius 2 is 1.97 bits per heavy atom. The van der Waals surface area contributed by atoms with Crippen LogP contribution in [0.1, 0.15) is 11.1 Å². The van der Waals surface area contributed by atoms with E-state index in [9.17, 15) is 9.18 Å². The number of nitrogens with one attached hydrogen (secondary N) is 1. The Kier molecular flexibility index (Phi) is 5.06. The number of hydrogen-bond donors (Lipinski definition) is 1. The fraction of sp³-hybridized carbons (Fsp3) is 0.174. The maximum Gasteiger partial charge on any atom is 0.232 e. The van der Waals surface area contributed by atoms with Crippen LogP contribution in [0.15, 0.2) is 61.1 Å². The Hall–Kier alpha value is -4.14. The molecule has 8 nitrogen and oxygen atoms in total. The van der Waals surface area contributed by atoms with Crippen LogP contribution in [0.3, 0.4) is 0 Å². The van der Waals surface area contributed by atoms with E-state index < -0.39 is 0 Å². The second-order valence-corrected chi connectivity index (χ2v) is 7.54. The number of hydrogen-bond acceptors (Lipinski definition) is 6. The zero-order valence-corrected chi connectivity index (χ0v) is 17.4. The SMILES string of the molecule is Cn1nccc1Nc1nccc(-c2cnc3c(c2)CCN3C(=O)Cc2ccc(F)cc2)n1. The van der Waals surface area contributed by atoms with Crippen molar-refractivity contribution >= 4 is 23.5 Å². The van der Waals surface area contributed by atoms with Crippen LogP contribution in [0, 0.1) is 5.82 Å². The number of benzene rings is 1. The number of aryl methyl sites for hydroxylation is 1. The highest BCUT2D eigenvalue weighted by Crippen LogP contribution is 2.30. The van der Waals surface area contributed by atoms with E-state index in [1.807, 2.05) is 25.2 Å². The summed E-state index contributed by atoms with van der Waals surface area (Å²) in [6.45, 7) is 0.572. The molecule has 1 aromatic carbocycles. The standard InChI is InChI=1S/C23H20FN7O/c1-30-20(7-10-27-30)29-23-25-9-6-19(28-23)17-13-16-8-11-31(22(16)26-14-17)21(32)12-15-2-4-18(24)5-3-15/h2-7,9-10,13-14H,8,11-12H2,1H3,(H,25,28,29). The molecule has 9 heteroatoms. The number of carbonyl (C=O) groups excluding carboxylic acids is 1. The van der Waals surface area contributed by atoms with E-state index in [-0.39, 0.29) is 18.1 Å². The summed E-state index contributed by atoms with van der Waals surface area (Å²) in [6.07, 6.45) is 6.03. The van der Waals surface area contributed by atoms with Crippen molar-refractivity contribution in [1.82, 2.24) is 24.7 Å². The molecule has 1 aliphatic heterocycles. The Morgan fingerprint density at radius 3 is 2.75 bits per heavy atom. The topological polar surface area (TPSA) is 88.8 Å². The summed E-state index contributed by atoms with van der Waals surface area (Å²) < 4.78 is 14.8. The van der Waals surface area contributed by atoms with Gasteiger partial charge >= 0.3 is 0 Å². The molecule has 4 heterocycles. The third-order valence-electron chi connectivity index (χ3n) is 5.39. The van der Waals surface area contributed by atoms with E-state index in [1.54, 1.807) is 40.3 Å². The van der Waals surface area contributed by atoms with Gasteiger partial charge in [-0.2, -0.15) is 5.10 Å². The van der Waals surface area contributed by atoms with Gasteiger partial charge in [0.1, 0.15) is 17.5 Å². The van der Waals surface area contributed by atoms with E-state index in [1.165, 1.54) is 12.1 Å². The minimum absolute atomic E-state index is 0.0553. The first-order valence-electron chi connectivity index (χ1n) is 10.2. The molecule has 0 saturated heterocycles. The molecule has 5 rings (SSSR count). The van der Waals surface area contributed by atoms with Crippen molar-refractivity contribution in [3.05, 3.63) is 78.0 Å². The molecule has 0 saturated carbocycles. The van der Waals surface area contributed by atoms with E-state index in [0.29, 0.717) is 18.3 Å². The zero-order valence-electron chi connectivity index (χ0n) is 17.4. The highest BCUT2D eigenvalue weighted by Gasteiger charge is 2.26. The Labute approximate surface area is 183 Å². The summed E-state index contributed by atoms with van der Waals surface area (Å²) >= 11 is 0. The summed E-state index contributed by atoms with van der Waals surface area (Å²) in [5, 5.41) is 7.27. The first kappa shape index (κ1) is 19.8. The van der Waals surface area contributed by atoms with Crippen LogP contribution in [0.5, 0.6) is 0 Å². The third kappa shape index (κ3) is 3.92. The summed E-state index contributed by atoms with van der Waals surface area (Å²) in [4.78, 5) is 27.9. The molecular formula is C23H20FN7O. The largest absolute Gasteiger partial charge is 0.309 e. The molecule has 0 aliphatic carbocycles. The van der Waals surface area contributed by atoms with Crippen molar-refractivity contribution in [3.8, 4) is 11.3 Å². The van der Waals surface area contributed by atoms with Crippen LogP contribution in [-0.2, 0) is 24.7 Å². The van der Waals surface area contributed by atoms with Crippen molar-refractivity contribution in [2.75, 3.05) is 16.8 Å². The summed E-state index contributed by atoms with van der Waals surface area (Å²) in [7, 11) is 1.83. The van der Waals surface area contributed by atoms with Crippen molar-refractivity contribution in [1.29, 1.82) is 0 Å². The fourth-order valence-electron chi connectivity index (χ4n) is 3.71. The number of nitrogens with zero attached hydrogens (tertiary/aromatic N) is 6. The minimum Gasteiger partial charge on any atom is -0.309 e. The van der Waals surface area contributed by atoms with Gasteiger partial charge in [-0.15, -0.1) is 0 Å². The van der Waals surface area contributed by atoms with E-state index in [4.69, 9.17) is 0 Å². The van der Waals surface area contributed by atoms with E-state index >= 15 is 0 Å². The van der Waals surface area contributed by atoms with Crippen molar-refractivity contribution < 1.29 is 9.18 Å². The Morgan fingerprint density at radius 1 is 1.12 bits per heavy atom. The van der Waals surface area contributed by atoms with Gasteiger partial charge in [-0.05, 0) is 41.8 Å². The van der Waals surface area contributed by atoms with E-state index in [0.717, 1.165) is 34.6 Å². The maximum atomic E-state index is 13.1. The molecule has 1 aliphatic rings. The molecular weight excluding hydrogens is 409 g/mol. The molecule has 0 atom stereocenters. The van der Waals surface area contributed by atoms with Gasteiger partial charge in [0.15, 0.2) is 0 Å². The lowest BCUT2D eigenvalue weighted by Crippen LogP contribution is -2.30. The molecule has 0 radical (unpaired) electrons. The number of halogens is 1. The predicted octanol–water partition coefficient (Wildman–Crippen LogP) is 3.29. The highest BCUT2D eigenvalue weighted by atomic mass is 19.1. The predicted molar refractivity (Wildman–Crippen MR) is 118 cm³/mol. The van der Waals surface area contributed by atoms with Crippen LogP contribution in [0.25, 0.3) is 11.3 Å². The first-order valence-corrected chi connectivity index (χ1v) is 10.2. The number of amides is 1. The van der Waals surface area contributed by atoms with Gasteiger partial charge in [0, 0.05) is 37.6 Å². The Balaban J connectivity index is 1.34. The average molecular weight is 429 g/mol. The molecule has 1 N–H and O–H groups in total. The summed E-state index contributed by atoms with van der Waals surface area (Å²) in [5.74, 6) is 1.54. The van der Waals surface area contributed by atoms with Crippen LogP contribution in [0.4, 0.5) is 22.0 Å². The third-order valence-corrected chi connectivity index (χ3v) is 5.39. The molecule has 32 heavy (non-hydrogen) atoms. The molecule has 0 unspecified atom stereocenters. The number of rotatable bonds is 5. The summed E-state index contributed by atoms with van der Waals surface area (Å²) in [5.41, 5.74) is 3.36. The molecule has 4 aromatic rings. The van der Waals surface area contributed by atoms with Crippen LogP contribution in [-0.4, -0.2) is 37.2 Å². The van der Waals surface area contributed by atoms with Crippen LogP contribution < -0.4 is 10.2 Å². The number of fused-ring (bicyclic) bond motifs is 1. The van der Waals surface area contributed by atoms with Crippen molar-refractivity contribution in [3.63, 3.8) is 0 Å². The van der Waals surface area contributed by atoms with Gasteiger partial charge in [0.25, 0.3) is 0 Å². The number of anilines is 3. The van der Waals surface area contributed by atoms with Crippen LogP contribution in [0.2, 0.25) is 0 Å². The Bertz CT molecular complexity index is 1290. The maximum absolute atomic E-state index is 13.1. The molecule has 3 aromatic heterocycles. The lowest BCUT2D eigenvalue weighted by atomic mass is 10.1. The van der Waals surface area contributed by atoms with Gasteiger partial charge < -0.3 is 5.32 Å². The number of carbonyl (C=O) groups is 1. The molecule has 1 amide bonds. The van der Waals surface area contributed by atoms with Gasteiger partial charge in [-0.1, -0.05) is 12.1 Å². The fourth-order valence-corrected chi connectivity index (χ4v) is 3.71. The van der Waals surface area contributed by atoms with Gasteiger partial charge in [-0.25, -0.2) is 19.3 Å². The molecule has 0 fully saturated rings. The quantitative estimate of drug-likeness (QED) is 0.524. The van der Waals surface area contributed by atoms with Crippen molar-refractivity contribution in [2.24, 2.45) is 7.05 Å². The smallest absolute Gasteiger partial charge is 0.232 e. The van der Waals surface area contributed by atoms with Gasteiger partial charge in [0.2, 0.25) is 11.9 Å². The average Bonchev–Trinajstić information content (AvgIpc) is 3.41. The van der Waals surface area contributed by atoms with E-state index in [2.05, 4.69) is 25.4 Å². The number of aromatic nitrogens is 5. The second-order valence-electron chi connectivity index (χ2n) is 7.54. The first-order chi connectivity index (χ1) is 15.6. The summed E-state index contributed by atoms with van der Waals surface area (Å²) in [6, 6.07) is 11.7. The van der Waals surface area contributed by atoms with Crippen LogP contribution >= 0.6 is 0 Å².